The number of nitrogens with one attached hydrogen (secondary N) is 3. The third kappa shape index (κ3) is 5.75. The lowest BCUT2D eigenvalue weighted by Crippen LogP contribution is -2.41. The van der Waals surface area contributed by atoms with Crippen LogP contribution in [0.4, 0.5) is 5.69 Å². The minimum atomic E-state index is -3.95. The zero-order valence-corrected chi connectivity index (χ0v) is 18.5. The molecule has 10 heteroatoms. The summed E-state index contributed by atoms with van der Waals surface area (Å²) in [5, 5.41) is 0.328. The number of sulfonamides is 1. The molecule has 0 saturated carbocycles. The van der Waals surface area contributed by atoms with Crippen molar-refractivity contribution in [3.05, 3.63) is 93.5 Å². The minimum absolute atomic E-state index is 0.0814. The van der Waals surface area contributed by atoms with Gasteiger partial charge in [0.1, 0.15) is 0 Å². The van der Waals surface area contributed by atoms with E-state index in [4.69, 9.17) is 23.2 Å². The van der Waals surface area contributed by atoms with Gasteiger partial charge in [-0.2, -0.15) is 0 Å². The molecule has 0 fully saturated rings. The van der Waals surface area contributed by atoms with Gasteiger partial charge in [-0.25, -0.2) is 8.42 Å². The third-order valence-corrected chi connectivity index (χ3v) is 6.30. The summed E-state index contributed by atoms with van der Waals surface area (Å²) in [7, 11) is -3.95. The number of halogens is 2. The Hall–Kier alpha value is -3.07. The molecule has 0 aliphatic rings. The average molecular weight is 478 g/mol. The normalized spacial score (nSPS) is 10.9. The van der Waals surface area contributed by atoms with Gasteiger partial charge >= 0.3 is 0 Å². The molecule has 0 aromatic heterocycles. The van der Waals surface area contributed by atoms with Crippen molar-refractivity contribution >= 4 is 50.7 Å². The van der Waals surface area contributed by atoms with Crippen LogP contribution in [0.5, 0.6) is 0 Å². The Balaban J connectivity index is 1.69. The lowest BCUT2D eigenvalue weighted by atomic mass is 10.1. The van der Waals surface area contributed by atoms with Crippen LogP contribution in [0.1, 0.15) is 26.3 Å². The number of benzene rings is 3. The Kier molecular flexibility index (Phi) is 6.84. The van der Waals surface area contributed by atoms with Crippen LogP contribution in [0.25, 0.3) is 0 Å². The summed E-state index contributed by atoms with van der Waals surface area (Å²) in [6.45, 7) is 1.90. The van der Waals surface area contributed by atoms with E-state index in [1.807, 2.05) is 6.92 Å². The Morgan fingerprint density at radius 1 is 0.774 bits per heavy atom. The highest BCUT2D eigenvalue weighted by atomic mass is 35.5. The van der Waals surface area contributed by atoms with E-state index < -0.39 is 21.8 Å². The van der Waals surface area contributed by atoms with E-state index in [0.717, 1.165) is 5.56 Å². The monoisotopic (exact) mass is 477 g/mol. The van der Waals surface area contributed by atoms with Crippen molar-refractivity contribution in [3.8, 4) is 0 Å². The van der Waals surface area contributed by atoms with E-state index in [0.29, 0.717) is 5.56 Å². The van der Waals surface area contributed by atoms with Gasteiger partial charge < -0.3 is 0 Å². The second-order valence-electron chi connectivity index (χ2n) is 6.54. The van der Waals surface area contributed by atoms with Crippen molar-refractivity contribution in [1.82, 2.24) is 10.9 Å². The van der Waals surface area contributed by atoms with Crippen molar-refractivity contribution in [2.24, 2.45) is 0 Å². The van der Waals surface area contributed by atoms with E-state index in [1.165, 1.54) is 42.5 Å². The van der Waals surface area contributed by atoms with Gasteiger partial charge in [-0.15, -0.1) is 0 Å². The zero-order chi connectivity index (χ0) is 22.6. The molecule has 2 amide bonds. The highest BCUT2D eigenvalue weighted by molar-refractivity contribution is 7.92. The predicted octanol–water partition coefficient (Wildman–Crippen LogP) is 4.18. The van der Waals surface area contributed by atoms with Crippen LogP contribution in [0.15, 0.2) is 71.6 Å². The molecule has 3 rings (SSSR count). The molecule has 3 N–H and O–H groups in total. The second kappa shape index (κ2) is 9.38. The molecule has 3 aromatic rings. The number of carbonyl (C=O) groups excluding carboxylic acids is 2. The fraction of sp³-hybridized carbons (Fsp3) is 0.0476. The first-order chi connectivity index (χ1) is 14.7. The Morgan fingerprint density at radius 3 is 2.06 bits per heavy atom. The summed E-state index contributed by atoms with van der Waals surface area (Å²) in [6.07, 6.45) is 0. The molecule has 0 aliphatic heterocycles. The molecule has 0 saturated heterocycles. The molecule has 0 spiro atoms. The number of rotatable bonds is 5. The van der Waals surface area contributed by atoms with E-state index >= 15 is 0 Å². The highest BCUT2D eigenvalue weighted by Gasteiger charge is 2.17. The first kappa shape index (κ1) is 22.6. The quantitative estimate of drug-likeness (QED) is 0.479. The zero-order valence-electron chi connectivity index (χ0n) is 16.1. The molecule has 0 unspecified atom stereocenters. The minimum Gasteiger partial charge on any atom is -0.280 e. The van der Waals surface area contributed by atoms with Gasteiger partial charge in [0.05, 0.1) is 14.9 Å². The first-order valence-electron chi connectivity index (χ1n) is 8.91. The summed E-state index contributed by atoms with van der Waals surface area (Å²) in [5.74, 6) is -1.10. The van der Waals surface area contributed by atoms with Crippen molar-refractivity contribution < 1.29 is 18.0 Å². The molecule has 0 radical (unpaired) electrons. The van der Waals surface area contributed by atoms with E-state index in [9.17, 15) is 18.0 Å². The number of hydrazine groups is 1. The fourth-order valence-electron chi connectivity index (χ4n) is 2.54. The van der Waals surface area contributed by atoms with E-state index in [-0.39, 0.29) is 26.2 Å². The van der Waals surface area contributed by atoms with Gasteiger partial charge in [-0.1, -0.05) is 47.0 Å². The lowest BCUT2D eigenvalue weighted by molar-refractivity contribution is 0.0846. The first-order valence-corrected chi connectivity index (χ1v) is 11.1. The predicted molar refractivity (Wildman–Crippen MR) is 120 cm³/mol. The number of anilines is 1. The molecule has 160 valence electrons. The van der Waals surface area contributed by atoms with Gasteiger partial charge in [0.2, 0.25) is 0 Å². The topological polar surface area (TPSA) is 104 Å². The highest BCUT2D eigenvalue weighted by Crippen LogP contribution is 2.26. The van der Waals surface area contributed by atoms with Crippen LogP contribution in [-0.2, 0) is 10.0 Å². The van der Waals surface area contributed by atoms with Crippen LogP contribution in [0.2, 0.25) is 10.0 Å². The van der Waals surface area contributed by atoms with Crippen molar-refractivity contribution in [2.75, 3.05) is 4.72 Å². The third-order valence-electron chi connectivity index (χ3n) is 4.18. The second-order valence-corrected chi connectivity index (χ2v) is 9.03. The van der Waals surface area contributed by atoms with Gasteiger partial charge in [-0.3, -0.25) is 25.2 Å². The molecular weight excluding hydrogens is 461 g/mol. The van der Waals surface area contributed by atoms with Gasteiger partial charge in [0.15, 0.2) is 0 Å². The average Bonchev–Trinajstić information content (AvgIpc) is 2.74. The van der Waals surface area contributed by atoms with Crippen LogP contribution in [0, 0.1) is 6.92 Å². The van der Waals surface area contributed by atoms with E-state index in [2.05, 4.69) is 15.6 Å². The maximum atomic E-state index is 12.6. The van der Waals surface area contributed by atoms with Crippen LogP contribution >= 0.6 is 23.2 Å². The number of hydrogen-bond acceptors (Lipinski definition) is 4. The summed E-state index contributed by atoms with van der Waals surface area (Å²) in [6, 6.07) is 16.5. The van der Waals surface area contributed by atoms with Gasteiger partial charge in [-0.05, 0) is 55.5 Å². The SMILES string of the molecule is Cc1ccc(C(=O)NNC(=O)c2cccc(NS(=O)(=O)c3ccc(Cl)c(Cl)c3)c2)cc1. The molecule has 31 heavy (non-hydrogen) atoms. The molecule has 0 atom stereocenters. The smallest absolute Gasteiger partial charge is 0.269 e. The van der Waals surface area contributed by atoms with Gasteiger partial charge in [0, 0.05) is 16.8 Å². The van der Waals surface area contributed by atoms with E-state index in [1.54, 1.807) is 24.3 Å². The Labute approximate surface area is 189 Å². The van der Waals surface area contributed by atoms with Crippen LogP contribution in [-0.4, -0.2) is 20.2 Å². The summed E-state index contributed by atoms with van der Waals surface area (Å²) < 4.78 is 27.5. The molecule has 7 nitrogen and oxygen atoms in total. The lowest BCUT2D eigenvalue weighted by Gasteiger charge is -2.11. The fourth-order valence-corrected chi connectivity index (χ4v) is 3.98. The number of carbonyl (C=O) groups is 2. The molecular formula is C21H17Cl2N3O4S. The van der Waals surface area contributed by atoms with Crippen LogP contribution < -0.4 is 15.6 Å². The Bertz CT molecular complexity index is 1250. The standard InChI is InChI=1S/C21H17Cl2N3O4S/c1-13-5-7-14(8-6-13)20(27)24-25-21(28)15-3-2-4-16(11-15)26-31(29,30)17-9-10-18(22)19(23)12-17/h2-12,26H,1H3,(H,24,27)(H,25,28). The molecule has 0 aliphatic carbocycles. The maximum Gasteiger partial charge on any atom is 0.269 e. The summed E-state index contributed by atoms with van der Waals surface area (Å²) in [4.78, 5) is 24.4. The maximum absolute atomic E-state index is 12.6. The molecule has 0 heterocycles. The molecule has 3 aromatic carbocycles. The number of amides is 2. The van der Waals surface area contributed by atoms with Crippen LogP contribution in [0.3, 0.4) is 0 Å². The largest absolute Gasteiger partial charge is 0.280 e. The van der Waals surface area contributed by atoms with Crippen molar-refractivity contribution in [1.29, 1.82) is 0 Å². The van der Waals surface area contributed by atoms with Gasteiger partial charge in [0.25, 0.3) is 21.8 Å². The summed E-state index contributed by atoms with van der Waals surface area (Å²) in [5.41, 5.74) is 6.29. The van der Waals surface area contributed by atoms with Crippen molar-refractivity contribution in [2.45, 2.75) is 11.8 Å². The number of hydrogen-bond donors (Lipinski definition) is 3. The number of aryl methyl sites for hydroxylation is 1. The Morgan fingerprint density at radius 2 is 1.42 bits per heavy atom. The molecule has 0 bridgehead atoms. The van der Waals surface area contributed by atoms with Crippen molar-refractivity contribution in [3.63, 3.8) is 0 Å². The summed E-state index contributed by atoms with van der Waals surface area (Å²) >= 11 is 11.7.